The summed E-state index contributed by atoms with van der Waals surface area (Å²) >= 11 is 2.98. The lowest BCUT2D eigenvalue weighted by Gasteiger charge is -2.28. The standard InChI is InChI=1S/C11H14BrFN2O3/c1-3-11(2,6-16)14-9-4-7(12)8(13)5-10(9)15(17)18/h4-5,14,16H,3,6H2,1-2H3. The van der Waals surface area contributed by atoms with Gasteiger partial charge < -0.3 is 10.4 Å². The first-order valence-electron chi connectivity index (χ1n) is 5.35. The Labute approximate surface area is 112 Å². The molecule has 5 nitrogen and oxygen atoms in total. The van der Waals surface area contributed by atoms with Crippen LogP contribution in [0.15, 0.2) is 16.6 Å². The molecule has 0 aromatic heterocycles. The predicted molar refractivity (Wildman–Crippen MR) is 70.2 cm³/mol. The van der Waals surface area contributed by atoms with Gasteiger partial charge in [0.05, 0.1) is 27.6 Å². The molecule has 18 heavy (non-hydrogen) atoms. The molecule has 0 heterocycles. The molecule has 0 saturated carbocycles. The van der Waals surface area contributed by atoms with Crippen molar-refractivity contribution in [3.05, 3.63) is 32.5 Å². The Hall–Kier alpha value is -1.21. The number of benzene rings is 1. The second-order valence-electron chi connectivity index (χ2n) is 4.24. The normalized spacial score (nSPS) is 14.1. The van der Waals surface area contributed by atoms with Crippen LogP contribution in [0.2, 0.25) is 0 Å². The van der Waals surface area contributed by atoms with E-state index >= 15 is 0 Å². The Morgan fingerprint density at radius 1 is 1.61 bits per heavy atom. The number of halogens is 2. The molecule has 7 heteroatoms. The average molecular weight is 321 g/mol. The van der Waals surface area contributed by atoms with Gasteiger partial charge in [-0.15, -0.1) is 0 Å². The molecule has 0 saturated heterocycles. The third kappa shape index (κ3) is 3.17. The first-order chi connectivity index (χ1) is 8.33. The number of hydrogen-bond acceptors (Lipinski definition) is 4. The number of nitrogens with one attached hydrogen (secondary N) is 1. The van der Waals surface area contributed by atoms with Crippen LogP contribution in [0.5, 0.6) is 0 Å². The molecule has 1 aromatic rings. The zero-order chi connectivity index (χ0) is 13.9. The molecule has 1 aromatic carbocycles. The maximum Gasteiger partial charge on any atom is 0.295 e. The van der Waals surface area contributed by atoms with Crippen molar-refractivity contribution in [3.8, 4) is 0 Å². The molecule has 0 aliphatic carbocycles. The quantitative estimate of drug-likeness (QED) is 0.645. The summed E-state index contributed by atoms with van der Waals surface area (Å²) in [4.78, 5) is 10.2. The molecule has 0 amide bonds. The smallest absolute Gasteiger partial charge is 0.295 e. The van der Waals surface area contributed by atoms with Crippen molar-refractivity contribution in [1.82, 2.24) is 0 Å². The third-order valence-electron chi connectivity index (χ3n) is 2.80. The molecule has 0 bridgehead atoms. The maximum atomic E-state index is 13.3. The molecule has 0 spiro atoms. The van der Waals surface area contributed by atoms with Gasteiger partial charge in [-0.2, -0.15) is 0 Å². The van der Waals surface area contributed by atoms with Crippen molar-refractivity contribution < 1.29 is 14.4 Å². The predicted octanol–water partition coefficient (Wildman–Crippen LogP) is 3.07. The average Bonchev–Trinajstić information content (AvgIpc) is 2.33. The molecule has 0 aliphatic heterocycles. The summed E-state index contributed by atoms with van der Waals surface area (Å²) in [6.45, 7) is 3.39. The van der Waals surface area contributed by atoms with E-state index in [0.717, 1.165) is 6.07 Å². The van der Waals surface area contributed by atoms with E-state index in [1.54, 1.807) is 6.92 Å². The maximum absolute atomic E-state index is 13.3. The lowest BCUT2D eigenvalue weighted by atomic mass is 9.99. The SMILES string of the molecule is CCC(C)(CO)Nc1cc(Br)c(F)cc1[N+](=O)[O-]. The summed E-state index contributed by atoms with van der Waals surface area (Å²) in [6, 6.07) is 2.15. The molecule has 1 unspecified atom stereocenters. The van der Waals surface area contributed by atoms with Gasteiger partial charge in [-0.3, -0.25) is 10.1 Å². The largest absolute Gasteiger partial charge is 0.394 e. The first kappa shape index (κ1) is 14.8. The second-order valence-corrected chi connectivity index (χ2v) is 5.09. The minimum absolute atomic E-state index is 0.131. The topological polar surface area (TPSA) is 75.4 Å². The van der Waals surface area contributed by atoms with Gasteiger partial charge in [0.1, 0.15) is 11.5 Å². The van der Waals surface area contributed by atoms with Gasteiger partial charge >= 0.3 is 0 Å². The van der Waals surface area contributed by atoms with Crippen molar-refractivity contribution in [3.63, 3.8) is 0 Å². The van der Waals surface area contributed by atoms with Gasteiger partial charge in [-0.1, -0.05) is 6.92 Å². The van der Waals surface area contributed by atoms with Gasteiger partial charge in [0.25, 0.3) is 5.69 Å². The number of hydrogen-bond donors (Lipinski definition) is 2. The number of nitrogens with zero attached hydrogens (tertiary/aromatic N) is 1. The summed E-state index contributed by atoms with van der Waals surface area (Å²) in [5.41, 5.74) is -0.877. The van der Waals surface area contributed by atoms with Crippen LogP contribution in [0, 0.1) is 15.9 Å². The second kappa shape index (κ2) is 5.62. The highest BCUT2D eigenvalue weighted by Gasteiger charge is 2.26. The van der Waals surface area contributed by atoms with Gasteiger partial charge in [0.2, 0.25) is 0 Å². The molecule has 1 atom stereocenters. The van der Waals surface area contributed by atoms with Gasteiger partial charge in [-0.25, -0.2) is 4.39 Å². The van der Waals surface area contributed by atoms with Gasteiger partial charge in [0, 0.05) is 0 Å². The monoisotopic (exact) mass is 320 g/mol. The summed E-state index contributed by atoms with van der Waals surface area (Å²) in [6.07, 6.45) is 0.565. The minimum Gasteiger partial charge on any atom is -0.394 e. The van der Waals surface area contributed by atoms with Gasteiger partial charge in [0.15, 0.2) is 0 Å². The number of nitro groups is 1. The lowest BCUT2D eigenvalue weighted by Crippen LogP contribution is -2.38. The minimum atomic E-state index is -0.700. The van der Waals surface area contributed by atoms with Crippen LogP contribution in [-0.2, 0) is 0 Å². The fourth-order valence-corrected chi connectivity index (χ4v) is 1.70. The van der Waals surface area contributed by atoms with E-state index in [2.05, 4.69) is 21.2 Å². The lowest BCUT2D eigenvalue weighted by molar-refractivity contribution is -0.384. The summed E-state index contributed by atoms with van der Waals surface area (Å²) < 4.78 is 13.4. The number of nitro benzene ring substituents is 1. The Balaban J connectivity index is 3.22. The van der Waals surface area contributed by atoms with Crippen molar-refractivity contribution in [2.24, 2.45) is 0 Å². The zero-order valence-corrected chi connectivity index (χ0v) is 11.6. The molecule has 0 radical (unpaired) electrons. The Kier molecular flexibility index (Phi) is 4.64. The van der Waals surface area contributed by atoms with Crippen LogP contribution in [0.3, 0.4) is 0 Å². The van der Waals surface area contributed by atoms with E-state index in [0.29, 0.717) is 6.42 Å². The first-order valence-corrected chi connectivity index (χ1v) is 6.14. The summed E-state index contributed by atoms with van der Waals surface area (Å²) in [5, 5.41) is 23.0. The third-order valence-corrected chi connectivity index (χ3v) is 3.41. The molecule has 0 aliphatic rings. The van der Waals surface area contributed by atoms with Crippen LogP contribution in [0.25, 0.3) is 0 Å². The highest BCUT2D eigenvalue weighted by Crippen LogP contribution is 2.32. The Morgan fingerprint density at radius 2 is 2.22 bits per heavy atom. The molecule has 0 fully saturated rings. The van der Waals surface area contributed by atoms with Crippen LogP contribution in [0.4, 0.5) is 15.8 Å². The Morgan fingerprint density at radius 3 is 2.67 bits per heavy atom. The van der Waals surface area contributed by atoms with Crippen LogP contribution in [0.1, 0.15) is 20.3 Å². The van der Waals surface area contributed by atoms with E-state index in [1.807, 2.05) is 6.92 Å². The fourth-order valence-electron chi connectivity index (χ4n) is 1.35. The number of anilines is 1. The van der Waals surface area contributed by atoms with Crippen LogP contribution < -0.4 is 5.32 Å². The van der Waals surface area contributed by atoms with E-state index in [4.69, 9.17) is 0 Å². The fraction of sp³-hybridized carbons (Fsp3) is 0.455. The van der Waals surface area contributed by atoms with Gasteiger partial charge in [-0.05, 0) is 35.3 Å². The van der Waals surface area contributed by atoms with E-state index < -0.39 is 16.3 Å². The highest BCUT2D eigenvalue weighted by molar-refractivity contribution is 9.10. The molecular formula is C11H14BrFN2O3. The summed E-state index contributed by atoms with van der Waals surface area (Å²) in [7, 11) is 0. The van der Waals surface area contributed by atoms with Crippen molar-refractivity contribution in [1.29, 1.82) is 0 Å². The van der Waals surface area contributed by atoms with Crippen LogP contribution in [-0.4, -0.2) is 22.2 Å². The number of rotatable bonds is 5. The summed E-state index contributed by atoms with van der Waals surface area (Å²) in [5.74, 6) is -0.700. The highest BCUT2D eigenvalue weighted by atomic mass is 79.9. The van der Waals surface area contributed by atoms with E-state index in [1.165, 1.54) is 6.07 Å². The molecule has 100 valence electrons. The number of aliphatic hydroxyl groups excluding tert-OH is 1. The van der Waals surface area contributed by atoms with Crippen molar-refractivity contribution in [2.75, 3.05) is 11.9 Å². The van der Waals surface area contributed by atoms with E-state index in [-0.39, 0.29) is 22.5 Å². The van der Waals surface area contributed by atoms with Crippen molar-refractivity contribution in [2.45, 2.75) is 25.8 Å². The molecular weight excluding hydrogens is 307 g/mol. The Bertz CT molecular complexity index is 464. The number of aliphatic hydroxyl groups is 1. The zero-order valence-electron chi connectivity index (χ0n) is 10.0. The van der Waals surface area contributed by atoms with Crippen molar-refractivity contribution >= 4 is 27.3 Å². The molecule has 1 rings (SSSR count). The molecule has 2 N–H and O–H groups in total. The van der Waals surface area contributed by atoms with Crippen LogP contribution >= 0.6 is 15.9 Å². The van der Waals surface area contributed by atoms with E-state index in [9.17, 15) is 19.6 Å².